The maximum atomic E-state index is 11.1. The number of hydrogen-bond donors (Lipinski definition) is 1. The third-order valence-corrected chi connectivity index (χ3v) is 4.07. The standard InChI is InChI=1S/C11H24N2O2S/c1-2-3-4-5-8-13-9-6-7-11(13)10-16(12,14)15/h11H,2-10H2,1H3,(H2,12,14,15)/t11-/m0/s1. The molecule has 0 amide bonds. The summed E-state index contributed by atoms with van der Waals surface area (Å²) in [6.07, 6.45) is 7.01. The average Bonchev–Trinajstić information content (AvgIpc) is 2.58. The van der Waals surface area contributed by atoms with Gasteiger partial charge in [0, 0.05) is 6.04 Å². The summed E-state index contributed by atoms with van der Waals surface area (Å²) in [5, 5.41) is 5.10. The topological polar surface area (TPSA) is 63.4 Å². The summed E-state index contributed by atoms with van der Waals surface area (Å²) in [7, 11) is -3.32. The van der Waals surface area contributed by atoms with E-state index in [1.807, 2.05) is 0 Å². The van der Waals surface area contributed by atoms with Gasteiger partial charge in [-0.05, 0) is 32.4 Å². The zero-order valence-electron chi connectivity index (χ0n) is 10.2. The molecule has 16 heavy (non-hydrogen) atoms. The second kappa shape index (κ2) is 6.57. The van der Waals surface area contributed by atoms with Crippen LogP contribution < -0.4 is 5.14 Å². The number of nitrogens with two attached hydrogens (primary N) is 1. The highest BCUT2D eigenvalue weighted by Gasteiger charge is 2.27. The highest BCUT2D eigenvalue weighted by atomic mass is 32.2. The third-order valence-electron chi connectivity index (χ3n) is 3.22. The summed E-state index contributed by atoms with van der Waals surface area (Å²) >= 11 is 0. The van der Waals surface area contributed by atoms with Crippen LogP contribution in [0.4, 0.5) is 0 Å². The van der Waals surface area contributed by atoms with Crippen LogP contribution in [0.25, 0.3) is 0 Å². The summed E-state index contributed by atoms with van der Waals surface area (Å²) in [5.41, 5.74) is 0. The summed E-state index contributed by atoms with van der Waals surface area (Å²) < 4.78 is 22.1. The second-order valence-corrected chi connectivity index (χ2v) is 6.38. The normalized spacial score (nSPS) is 22.8. The molecule has 0 aromatic rings. The van der Waals surface area contributed by atoms with Gasteiger partial charge >= 0.3 is 0 Å². The van der Waals surface area contributed by atoms with E-state index >= 15 is 0 Å². The van der Waals surface area contributed by atoms with Gasteiger partial charge in [-0.2, -0.15) is 0 Å². The Morgan fingerprint density at radius 3 is 2.69 bits per heavy atom. The summed E-state index contributed by atoms with van der Waals surface area (Å²) in [6.45, 7) is 4.26. The van der Waals surface area contributed by atoms with Crippen molar-refractivity contribution >= 4 is 10.0 Å². The Hall–Kier alpha value is -0.130. The molecule has 1 saturated heterocycles. The van der Waals surface area contributed by atoms with Crippen molar-refractivity contribution in [2.24, 2.45) is 5.14 Å². The van der Waals surface area contributed by atoms with Gasteiger partial charge in [-0.25, -0.2) is 13.6 Å². The summed E-state index contributed by atoms with van der Waals surface area (Å²) in [4.78, 5) is 2.29. The van der Waals surface area contributed by atoms with E-state index in [1.54, 1.807) is 0 Å². The Balaban J connectivity index is 2.29. The van der Waals surface area contributed by atoms with Gasteiger partial charge in [0.05, 0.1) is 5.75 Å². The lowest BCUT2D eigenvalue weighted by molar-refractivity contribution is 0.263. The fraction of sp³-hybridized carbons (Fsp3) is 1.00. The van der Waals surface area contributed by atoms with Crippen molar-refractivity contribution in [1.29, 1.82) is 0 Å². The Kier molecular flexibility index (Phi) is 5.72. The number of rotatable bonds is 7. The average molecular weight is 248 g/mol. The van der Waals surface area contributed by atoms with Crippen LogP contribution in [-0.4, -0.2) is 38.2 Å². The van der Waals surface area contributed by atoms with Crippen molar-refractivity contribution in [2.75, 3.05) is 18.8 Å². The fourth-order valence-corrected chi connectivity index (χ4v) is 3.30. The molecule has 96 valence electrons. The lowest BCUT2D eigenvalue weighted by Crippen LogP contribution is -2.37. The largest absolute Gasteiger partial charge is 0.299 e. The molecule has 0 aromatic heterocycles. The molecule has 1 fully saturated rings. The highest BCUT2D eigenvalue weighted by Crippen LogP contribution is 2.19. The number of likely N-dealkylation sites (tertiary alicyclic amines) is 1. The van der Waals surface area contributed by atoms with Crippen LogP contribution in [0.2, 0.25) is 0 Å². The molecule has 0 aromatic carbocycles. The Morgan fingerprint density at radius 2 is 2.06 bits per heavy atom. The van der Waals surface area contributed by atoms with Gasteiger partial charge in [0.25, 0.3) is 0 Å². The first-order valence-electron chi connectivity index (χ1n) is 6.27. The van der Waals surface area contributed by atoms with Gasteiger partial charge in [-0.15, -0.1) is 0 Å². The maximum Gasteiger partial charge on any atom is 0.210 e. The van der Waals surface area contributed by atoms with Crippen LogP contribution in [0.3, 0.4) is 0 Å². The minimum atomic E-state index is -3.32. The van der Waals surface area contributed by atoms with Crippen molar-refractivity contribution in [3.8, 4) is 0 Å². The molecule has 1 heterocycles. The zero-order valence-corrected chi connectivity index (χ0v) is 11.0. The monoisotopic (exact) mass is 248 g/mol. The minimum absolute atomic E-state index is 0.126. The van der Waals surface area contributed by atoms with Gasteiger partial charge in [-0.3, -0.25) is 4.90 Å². The lowest BCUT2D eigenvalue weighted by atomic mass is 10.2. The molecule has 0 aliphatic carbocycles. The number of sulfonamides is 1. The van der Waals surface area contributed by atoms with E-state index < -0.39 is 10.0 Å². The first-order valence-corrected chi connectivity index (χ1v) is 7.99. The molecule has 0 radical (unpaired) electrons. The van der Waals surface area contributed by atoms with Gasteiger partial charge < -0.3 is 0 Å². The maximum absolute atomic E-state index is 11.1. The zero-order chi connectivity index (χ0) is 12.0. The van der Waals surface area contributed by atoms with Crippen LogP contribution in [-0.2, 0) is 10.0 Å². The molecular weight excluding hydrogens is 224 g/mol. The van der Waals surface area contributed by atoms with Crippen molar-refractivity contribution in [3.63, 3.8) is 0 Å². The molecule has 0 bridgehead atoms. The Bertz CT molecular complexity index is 290. The van der Waals surface area contributed by atoms with Gasteiger partial charge in [0.15, 0.2) is 0 Å². The molecule has 0 spiro atoms. The van der Waals surface area contributed by atoms with Crippen molar-refractivity contribution < 1.29 is 8.42 Å². The van der Waals surface area contributed by atoms with Gasteiger partial charge in [0.2, 0.25) is 10.0 Å². The molecule has 1 atom stereocenters. The van der Waals surface area contributed by atoms with Crippen molar-refractivity contribution in [2.45, 2.75) is 51.5 Å². The number of primary sulfonamides is 1. The van der Waals surface area contributed by atoms with Crippen molar-refractivity contribution in [3.05, 3.63) is 0 Å². The van der Waals surface area contributed by atoms with E-state index in [0.717, 1.165) is 25.9 Å². The van der Waals surface area contributed by atoms with Crippen LogP contribution in [0.5, 0.6) is 0 Å². The number of hydrogen-bond acceptors (Lipinski definition) is 3. The molecule has 5 heteroatoms. The SMILES string of the molecule is CCCCCCN1CCC[C@H]1CS(N)(=O)=O. The van der Waals surface area contributed by atoms with E-state index in [0.29, 0.717) is 0 Å². The van der Waals surface area contributed by atoms with E-state index in [4.69, 9.17) is 5.14 Å². The molecular formula is C11H24N2O2S. The molecule has 0 saturated carbocycles. The summed E-state index contributed by atoms with van der Waals surface area (Å²) in [5.74, 6) is 0.126. The minimum Gasteiger partial charge on any atom is -0.299 e. The number of nitrogens with zero attached hydrogens (tertiary/aromatic N) is 1. The van der Waals surface area contributed by atoms with Crippen LogP contribution >= 0.6 is 0 Å². The Labute approximate surface area is 99.2 Å². The van der Waals surface area contributed by atoms with Gasteiger partial charge in [0.1, 0.15) is 0 Å². The van der Waals surface area contributed by atoms with E-state index in [-0.39, 0.29) is 11.8 Å². The van der Waals surface area contributed by atoms with Crippen LogP contribution in [0.1, 0.15) is 45.4 Å². The van der Waals surface area contributed by atoms with Gasteiger partial charge in [-0.1, -0.05) is 26.2 Å². The quantitative estimate of drug-likeness (QED) is 0.691. The lowest BCUT2D eigenvalue weighted by Gasteiger charge is -2.23. The molecule has 2 N–H and O–H groups in total. The smallest absolute Gasteiger partial charge is 0.210 e. The first-order chi connectivity index (χ1) is 7.53. The number of unbranched alkanes of at least 4 members (excludes halogenated alkanes) is 3. The predicted octanol–water partition coefficient (Wildman–Crippen LogP) is 1.32. The van der Waals surface area contributed by atoms with E-state index in [9.17, 15) is 8.42 Å². The highest BCUT2D eigenvalue weighted by molar-refractivity contribution is 7.89. The first kappa shape index (κ1) is 13.9. The molecule has 1 aliphatic rings. The molecule has 4 nitrogen and oxygen atoms in total. The fourth-order valence-electron chi connectivity index (χ4n) is 2.39. The molecule has 0 unspecified atom stereocenters. The summed E-state index contributed by atoms with van der Waals surface area (Å²) in [6, 6.07) is 0.164. The van der Waals surface area contributed by atoms with E-state index in [1.165, 1.54) is 25.7 Å². The van der Waals surface area contributed by atoms with E-state index in [2.05, 4.69) is 11.8 Å². The van der Waals surface area contributed by atoms with Crippen LogP contribution in [0, 0.1) is 0 Å². The predicted molar refractivity (Wildman–Crippen MR) is 66.7 cm³/mol. The molecule has 1 aliphatic heterocycles. The van der Waals surface area contributed by atoms with Crippen molar-refractivity contribution in [1.82, 2.24) is 4.90 Å². The van der Waals surface area contributed by atoms with Crippen LogP contribution in [0.15, 0.2) is 0 Å². The Morgan fingerprint density at radius 1 is 1.31 bits per heavy atom. The second-order valence-electron chi connectivity index (χ2n) is 4.72. The third kappa shape index (κ3) is 5.27. The molecule has 1 rings (SSSR count).